The van der Waals surface area contributed by atoms with Gasteiger partial charge in [-0.1, -0.05) is 18.2 Å². The van der Waals surface area contributed by atoms with E-state index in [1.807, 2.05) is 7.05 Å². The molecule has 0 saturated carbocycles. The van der Waals surface area contributed by atoms with E-state index in [1.54, 1.807) is 0 Å². The fraction of sp³-hybridized carbons (Fsp3) is 0.308. The molecule has 0 unspecified atom stereocenters. The normalized spacial score (nSPS) is 10.9. The molecule has 0 aliphatic rings. The van der Waals surface area contributed by atoms with Crippen LogP contribution >= 0.6 is 0 Å². The third-order valence-corrected chi connectivity index (χ3v) is 2.69. The number of pyridine rings is 1. The molecule has 0 aliphatic heterocycles. The van der Waals surface area contributed by atoms with Gasteiger partial charge in [0.25, 0.3) is 0 Å². The van der Waals surface area contributed by atoms with Crippen molar-refractivity contribution in [2.24, 2.45) is 0 Å². The van der Waals surface area contributed by atoms with Crippen LogP contribution in [-0.4, -0.2) is 12.0 Å². The van der Waals surface area contributed by atoms with Crippen molar-refractivity contribution in [3.8, 4) is 0 Å². The van der Waals surface area contributed by atoms with E-state index < -0.39 is 0 Å². The maximum atomic E-state index is 4.70. The average Bonchev–Trinajstić information content (AvgIpc) is 2.21. The monoisotopic (exact) mass is 200 g/mol. The van der Waals surface area contributed by atoms with Gasteiger partial charge in [0.2, 0.25) is 0 Å². The molecule has 2 nitrogen and oxygen atoms in total. The summed E-state index contributed by atoms with van der Waals surface area (Å²) in [6, 6.07) is 8.51. The van der Waals surface area contributed by atoms with Gasteiger partial charge < -0.3 is 5.32 Å². The molecule has 15 heavy (non-hydrogen) atoms. The minimum absolute atomic E-state index is 0.829. The summed E-state index contributed by atoms with van der Waals surface area (Å²) in [6.07, 6.45) is 0. The summed E-state index contributed by atoms with van der Waals surface area (Å²) in [5.74, 6) is 0. The number of rotatable bonds is 2. The number of hydrogen-bond donors (Lipinski definition) is 1. The van der Waals surface area contributed by atoms with E-state index in [2.05, 4.69) is 43.4 Å². The first-order valence-electron chi connectivity index (χ1n) is 5.23. The molecular weight excluding hydrogens is 184 g/mol. The highest BCUT2D eigenvalue weighted by Crippen LogP contribution is 2.19. The molecule has 78 valence electrons. The predicted octanol–water partition coefficient (Wildman–Crippen LogP) is 2.57. The lowest BCUT2D eigenvalue weighted by molar-refractivity contribution is 0.788. The molecule has 0 saturated heterocycles. The summed E-state index contributed by atoms with van der Waals surface area (Å²) in [4.78, 5) is 4.70. The average molecular weight is 200 g/mol. The van der Waals surface area contributed by atoms with E-state index in [0.29, 0.717) is 0 Å². The lowest BCUT2D eigenvalue weighted by Gasteiger charge is -2.08. The molecule has 1 heterocycles. The highest BCUT2D eigenvalue weighted by Gasteiger charge is 2.03. The standard InChI is InChI=1S/C13H16N2/c1-9-5-4-6-11-7-10(2)12(8-14-3)15-13(9)11/h4-7,14H,8H2,1-3H3. The summed E-state index contributed by atoms with van der Waals surface area (Å²) in [5, 5.41) is 4.38. The van der Waals surface area contributed by atoms with Crippen LogP contribution in [0.2, 0.25) is 0 Å². The van der Waals surface area contributed by atoms with Crippen molar-refractivity contribution in [3.05, 3.63) is 41.1 Å². The maximum Gasteiger partial charge on any atom is 0.0735 e. The number of nitrogens with zero attached hydrogens (tertiary/aromatic N) is 1. The molecule has 2 aromatic rings. The van der Waals surface area contributed by atoms with E-state index in [4.69, 9.17) is 4.98 Å². The molecule has 2 heteroatoms. The quantitative estimate of drug-likeness (QED) is 0.806. The number of aryl methyl sites for hydroxylation is 2. The zero-order valence-electron chi connectivity index (χ0n) is 9.46. The Balaban J connectivity index is 2.66. The van der Waals surface area contributed by atoms with Crippen LogP contribution in [0.5, 0.6) is 0 Å². The van der Waals surface area contributed by atoms with E-state index in [9.17, 15) is 0 Å². The Hall–Kier alpha value is -1.41. The molecular formula is C13H16N2. The SMILES string of the molecule is CNCc1nc2c(C)cccc2cc1C. The van der Waals surface area contributed by atoms with Crippen LogP contribution in [0.25, 0.3) is 10.9 Å². The Morgan fingerprint density at radius 1 is 1.20 bits per heavy atom. The summed E-state index contributed by atoms with van der Waals surface area (Å²) < 4.78 is 0. The molecule has 1 aromatic heterocycles. The van der Waals surface area contributed by atoms with Crippen molar-refractivity contribution in [1.29, 1.82) is 0 Å². The zero-order valence-corrected chi connectivity index (χ0v) is 9.46. The van der Waals surface area contributed by atoms with Crippen LogP contribution in [0.4, 0.5) is 0 Å². The molecule has 1 aromatic carbocycles. The maximum absolute atomic E-state index is 4.70. The van der Waals surface area contributed by atoms with Crippen molar-refractivity contribution in [3.63, 3.8) is 0 Å². The molecule has 0 amide bonds. The lowest BCUT2D eigenvalue weighted by Crippen LogP contribution is -2.08. The molecule has 0 atom stereocenters. The number of nitrogens with one attached hydrogen (secondary N) is 1. The van der Waals surface area contributed by atoms with Gasteiger partial charge in [0.15, 0.2) is 0 Å². The largest absolute Gasteiger partial charge is 0.314 e. The van der Waals surface area contributed by atoms with Gasteiger partial charge in [-0.2, -0.15) is 0 Å². The third-order valence-electron chi connectivity index (χ3n) is 2.69. The molecule has 2 rings (SSSR count). The smallest absolute Gasteiger partial charge is 0.0735 e. The Bertz CT molecular complexity index is 489. The minimum Gasteiger partial charge on any atom is -0.314 e. The van der Waals surface area contributed by atoms with E-state index in [1.165, 1.54) is 16.5 Å². The first-order chi connectivity index (χ1) is 7.22. The van der Waals surface area contributed by atoms with Crippen molar-refractivity contribution in [2.75, 3.05) is 7.05 Å². The molecule has 0 bridgehead atoms. The number of aromatic nitrogens is 1. The van der Waals surface area contributed by atoms with Crippen molar-refractivity contribution in [2.45, 2.75) is 20.4 Å². The summed E-state index contributed by atoms with van der Waals surface area (Å²) >= 11 is 0. The Morgan fingerprint density at radius 2 is 2.00 bits per heavy atom. The molecule has 0 radical (unpaired) electrons. The van der Waals surface area contributed by atoms with Crippen LogP contribution in [0.15, 0.2) is 24.3 Å². The third kappa shape index (κ3) is 1.85. The van der Waals surface area contributed by atoms with Gasteiger partial charge in [0.1, 0.15) is 0 Å². The van der Waals surface area contributed by atoms with Crippen molar-refractivity contribution < 1.29 is 0 Å². The van der Waals surface area contributed by atoms with Gasteiger partial charge in [-0.05, 0) is 38.1 Å². The van der Waals surface area contributed by atoms with Crippen LogP contribution in [0.1, 0.15) is 16.8 Å². The second-order valence-corrected chi connectivity index (χ2v) is 3.93. The minimum atomic E-state index is 0.829. The van der Waals surface area contributed by atoms with Gasteiger partial charge in [-0.3, -0.25) is 4.98 Å². The van der Waals surface area contributed by atoms with Crippen molar-refractivity contribution in [1.82, 2.24) is 10.3 Å². The fourth-order valence-electron chi connectivity index (χ4n) is 1.84. The van der Waals surface area contributed by atoms with E-state index in [-0.39, 0.29) is 0 Å². The van der Waals surface area contributed by atoms with Gasteiger partial charge in [-0.25, -0.2) is 0 Å². The first-order valence-corrected chi connectivity index (χ1v) is 5.23. The van der Waals surface area contributed by atoms with Gasteiger partial charge in [0.05, 0.1) is 11.2 Å². The number of hydrogen-bond acceptors (Lipinski definition) is 2. The first kappa shape index (κ1) is 10.1. The van der Waals surface area contributed by atoms with Gasteiger partial charge in [0, 0.05) is 11.9 Å². The highest BCUT2D eigenvalue weighted by molar-refractivity contribution is 5.82. The summed E-state index contributed by atoms with van der Waals surface area (Å²) in [5.41, 5.74) is 4.75. The second-order valence-electron chi connectivity index (χ2n) is 3.93. The Kier molecular flexibility index (Phi) is 2.69. The van der Waals surface area contributed by atoms with Crippen molar-refractivity contribution >= 4 is 10.9 Å². The summed E-state index contributed by atoms with van der Waals surface area (Å²) in [7, 11) is 1.95. The topological polar surface area (TPSA) is 24.9 Å². The van der Waals surface area contributed by atoms with Crippen LogP contribution < -0.4 is 5.32 Å². The molecule has 0 aliphatic carbocycles. The zero-order chi connectivity index (χ0) is 10.8. The lowest BCUT2D eigenvalue weighted by atomic mass is 10.1. The Morgan fingerprint density at radius 3 is 2.73 bits per heavy atom. The van der Waals surface area contributed by atoms with Gasteiger partial charge in [-0.15, -0.1) is 0 Å². The number of para-hydroxylation sites is 1. The van der Waals surface area contributed by atoms with E-state index in [0.717, 1.165) is 17.8 Å². The second kappa shape index (κ2) is 3.99. The molecule has 0 fully saturated rings. The predicted molar refractivity (Wildman–Crippen MR) is 64.0 cm³/mol. The Labute approximate surface area is 90.3 Å². The number of fused-ring (bicyclic) bond motifs is 1. The fourth-order valence-corrected chi connectivity index (χ4v) is 1.84. The van der Waals surface area contributed by atoms with Crippen LogP contribution in [-0.2, 0) is 6.54 Å². The van der Waals surface area contributed by atoms with Gasteiger partial charge >= 0.3 is 0 Å². The number of benzene rings is 1. The highest BCUT2D eigenvalue weighted by atomic mass is 14.9. The molecule has 0 spiro atoms. The molecule has 1 N–H and O–H groups in total. The van der Waals surface area contributed by atoms with Crippen LogP contribution in [0, 0.1) is 13.8 Å². The van der Waals surface area contributed by atoms with E-state index >= 15 is 0 Å². The van der Waals surface area contributed by atoms with Crippen LogP contribution in [0.3, 0.4) is 0 Å². The summed E-state index contributed by atoms with van der Waals surface area (Å²) in [6.45, 7) is 5.05.